The van der Waals surface area contributed by atoms with E-state index >= 15 is 0 Å². The highest BCUT2D eigenvalue weighted by molar-refractivity contribution is 7.99. The van der Waals surface area contributed by atoms with E-state index in [-0.39, 0.29) is 0 Å². The summed E-state index contributed by atoms with van der Waals surface area (Å²) in [5.41, 5.74) is 0. The highest BCUT2D eigenvalue weighted by atomic mass is 32.2. The lowest BCUT2D eigenvalue weighted by Crippen LogP contribution is -2.43. The number of thioether (sulfide) groups is 1. The number of nitrogens with one attached hydrogen (secondary N) is 2. The van der Waals surface area contributed by atoms with Crippen molar-refractivity contribution in [1.29, 1.82) is 0 Å². The van der Waals surface area contributed by atoms with Crippen LogP contribution in [-0.4, -0.2) is 38.2 Å². The smallest absolute Gasteiger partial charge is 0.00581 e. The molecule has 0 aliphatic carbocycles. The van der Waals surface area contributed by atoms with Crippen molar-refractivity contribution in [3.63, 3.8) is 0 Å². The molecule has 3 heteroatoms. The minimum absolute atomic E-state index is 0.960. The third-order valence-corrected chi connectivity index (χ3v) is 2.92. The zero-order valence-electron chi connectivity index (χ0n) is 6.52. The van der Waals surface area contributed by atoms with Gasteiger partial charge in [-0.15, -0.1) is 0 Å². The zero-order valence-corrected chi connectivity index (χ0v) is 7.34. The van der Waals surface area contributed by atoms with E-state index in [4.69, 9.17) is 0 Å². The van der Waals surface area contributed by atoms with Gasteiger partial charge in [-0.05, 0) is 31.8 Å². The fourth-order valence-electron chi connectivity index (χ4n) is 0.891. The van der Waals surface area contributed by atoms with Gasteiger partial charge in [-0.2, -0.15) is 11.8 Å². The molecule has 0 saturated carbocycles. The summed E-state index contributed by atoms with van der Waals surface area (Å²) in [5.74, 6) is 3.56. The molecule has 0 aromatic heterocycles. The summed E-state index contributed by atoms with van der Waals surface area (Å²) >= 11 is 2.06. The molecule has 1 rings (SSSR count). The predicted octanol–water partition coefficient (Wildman–Crippen LogP) is 0.158. The molecule has 0 bridgehead atoms. The standard InChI is InChI=1S/C7H16N2S/c1-8-2-3-10-6-7-4-9-5-7/h7-9H,2-6H2,1H3. The molecule has 2 nitrogen and oxygen atoms in total. The van der Waals surface area contributed by atoms with Crippen LogP contribution in [0.3, 0.4) is 0 Å². The van der Waals surface area contributed by atoms with E-state index in [9.17, 15) is 0 Å². The van der Waals surface area contributed by atoms with E-state index in [1.165, 1.54) is 24.6 Å². The maximum atomic E-state index is 3.27. The fraction of sp³-hybridized carbons (Fsp3) is 1.00. The molecular formula is C7H16N2S. The largest absolute Gasteiger partial charge is 0.319 e. The first-order valence-electron chi connectivity index (χ1n) is 3.86. The van der Waals surface area contributed by atoms with Crippen LogP contribution < -0.4 is 10.6 Å². The van der Waals surface area contributed by atoms with Crippen molar-refractivity contribution < 1.29 is 0 Å². The average molecular weight is 160 g/mol. The molecule has 1 aliphatic heterocycles. The first-order chi connectivity index (χ1) is 4.93. The van der Waals surface area contributed by atoms with Crippen LogP contribution in [0.25, 0.3) is 0 Å². The van der Waals surface area contributed by atoms with Gasteiger partial charge in [0.25, 0.3) is 0 Å². The van der Waals surface area contributed by atoms with Crippen LogP contribution in [-0.2, 0) is 0 Å². The molecule has 0 unspecified atom stereocenters. The highest BCUT2D eigenvalue weighted by Gasteiger charge is 2.15. The summed E-state index contributed by atoms with van der Waals surface area (Å²) in [5, 5.41) is 6.41. The summed E-state index contributed by atoms with van der Waals surface area (Å²) in [6.07, 6.45) is 0. The van der Waals surface area contributed by atoms with Crippen molar-refractivity contribution in [2.24, 2.45) is 5.92 Å². The van der Waals surface area contributed by atoms with Gasteiger partial charge < -0.3 is 10.6 Å². The number of hydrogen-bond donors (Lipinski definition) is 2. The Morgan fingerprint density at radius 1 is 1.60 bits per heavy atom. The van der Waals surface area contributed by atoms with Crippen LogP contribution in [0.1, 0.15) is 0 Å². The Labute approximate surface area is 67.1 Å². The molecule has 0 aromatic carbocycles. The molecule has 1 heterocycles. The van der Waals surface area contributed by atoms with E-state index in [1.807, 2.05) is 7.05 Å². The summed E-state index contributed by atoms with van der Waals surface area (Å²) < 4.78 is 0. The van der Waals surface area contributed by atoms with Crippen LogP contribution in [0.4, 0.5) is 0 Å². The fourth-order valence-corrected chi connectivity index (χ4v) is 1.97. The Balaban J connectivity index is 1.76. The van der Waals surface area contributed by atoms with E-state index in [1.54, 1.807) is 0 Å². The van der Waals surface area contributed by atoms with Crippen LogP contribution >= 0.6 is 11.8 Å². The molecule has 1 fully saturated rings. The van der Waals surface area contributed by atoms with Gasteiger partial charge in [0.05, 0.1) is 0 Å². The van der Waals surface area contributed by atoms with Crippen molar-refractivity contribution in [3.8, 4) is 0 Å². The molecule has 60 valence electrons. The molecule has 10 heavy (non-hydrogen) atoms. The second kappa shape index (κ2) is 4.99. The van der Waals surface area contributed by atoms with Gasteiger partial charge in [-0.3, -0.25) is 0 Å². The van der Waals surface area contributed by atoms with Gasteiger partial charge in [-0.25, -0.2) is 0 Å². The molecule has 2 N–H and O–H groups in total. The quantitative estimate of drug-likeness (QED) is 0.560. The monoisotopic (exact) mass is 160 g/mol. The first kappa shape index (κ1) is 8.37. The minimum atomic E-state index is 0.960. The van der Waals surface area contributed by atoms with Crippen molar-refractivity contribution in [2.45, 2.75) is 0 Å². The molecule has 0 aromatic rings. The summed E-state index contributed by atoms with van der Waals surface area (Å²) in [6, 6.07) is 0. The second-order valence-corrected chi connectivity index (χ2v) is 3.85. The van der Waals surface area contributed by atoms with Crippen LogP contribution in [0.5, 0.6) is 0 Å². The van der Waals surface area contributed by atoms with Crippen molar-refractivity contribution in [1.82, 2.24) is 10.6 Å². The van der Waals surface area contributed by atoms with Gasteiger partial charge in [0.15, 0.2) is 0 Å². The maximum Gasteiger partial charge on any atom is 0.00581 e. The summed E-state index contributed by atoms with van der Waals surface area (Å²) in [7, 11) is 2.01. The third kappa shape index (κ3) is 2.90. The Kier molecular flexibility index (Phi) is 4.18. The topological polar surface area (TPSA) is 24.1 Å². The lowest BCUT2D eigenvalue weighted by molar-refractivity contribution is 0.385. The second-order valence-electron chi connectivity index (χ2n) is 2.70. The molecule has 0 spiro atoms. The Morgan fingerprint density at radius 3 is 2.90 bits per heavy atom. The molecule has 0 atom stereocenters. The predicted molar refractivity (Wildman–Crippen MR) is 47.6 cm³/mol. The summed E-state index contributed by atoms with van der Waals surface area (Å²) in [4.78, 5) is 0. The van der Waals surface area contributed by atoms with Crippen LogP contribution in [0.15, 0.2) is 0 Å². The Hall–Kier alpha value is 0.270. The molecular weight excluding hydrogens is 144 g/mol. The van der Waals surface area contributed by atoms with Gasteiger partial charge in [0.2, 0.25) is 0 Å². The van der Waals surface area contributed by atoms with Gasteiger partial charge >= 0.3 is 0 Å². The zero-order chi connectivity index (χ0) is 7.23. The maximum absolute atomic E-state index is 3.27. The number of rotatable bonds is 5. The van der Waals surface area contributed by atoms with E-state index in [2.05, 4.69) is 22.4 Å². The third-order valence-electron chi connectivity index (χ3n) is 1.72. The van der Waals surface area contributed by atoms with E-state index < -0.39 is 0 Å². The molecule has 1 saturated heterocycles. The lowest BCUT2D eigenvalue weighted by Gasteiger charge is -2.26. The molecule has 1 aliphatic rings. The summed E-state index contributed by atoms with van der Waals surface area (Å²) in [6.45, 7) is 3.63. The SMILES string of the molecule is CNCCSCC1CNC1. The average Bonchev–Trinajstić information content (AvgIpc) is 1.84. The van der Waals surface area contributed by atoms with Crippen molar-refractivity contribution in [3.05, 3.63) is 0 Å². The molecule has 0 amide bonds. The normalized spacial score (nSPS) is 18.9. The lowest BCUT2D eigenvalue weighted by atomic mass is 10.1. The Bertz CT molecular complexity index is 83.7. The van der Waals surface area contributed by atoms with E-state index in [0.29, 0.717) is 0 Å². The van der Waals surface area contributed by atoms with Crippen molar-refractivity contribution in [2.75, 3.05) is 38.2 Å². The van der Waals surface area contributed by atoms with Crippen molar-refractivity contribution >= 4 is 11.8 Å². The first-order valence-corrected chi connectivity index (χ1v) is 5.02. The highest BCUT2D eigenvalue weighted by Crippen LogP contribution is 2.11. The Morgan fingerprint density at radius 2 is 2.40 bits per heavy atom. The van der Waals surface area contributed by atoms with Gasteiger partial charge in [-0.1, -0.05) is 0 Å². The van der Waals surface area contributed by atoms with Crippen LogP contribution in [0, 0.1) is 5.92 Å². The minimum Gasteiger partial charge on any atom is -0.319 e. The number of hydrogen-bond acceptors (Lipinski definition) is 3. The van der Waals surface area contributed by atoms with Gasteiger partial charge in [0, 0.05) is 12.3 Å². The molecule has 0 radical (unpaired) electrons. The van der Waals surface area contributed by atoms with Gasteiger partial charge in [0.1, 0.15) is 0 Å². The van der Waals surface area contributed by atoms with Crippen LogP contribution in [0.2, 0.25) is 0 Å². The van der Waals surface area contributed by atoms with E-state index in [0.717, 1.165) is 12.5 Å².